The molecule has 1 heterocycles. The zero-order valence-electron chi connectivity index (χ0n) is 15.4. The second kappa shape index (κ2) is 8.10. The Labute approximate surface area is 159 Å². The number of benzene rings is 2. The highest BCUT2D eigenvalue weighted by molar-refractivity contribution is 7.90. The number of carbonyl (C=O) groups excluding carboxylic acids is 1. The standard InChI is InChI=1S/C20H23NO5S/c1-25-11-10-19(22)21-13-16-12-15-4-3-5-18(20(15)26-16)14-6-8-17(9-7-14)27(2,23)24/h3-9,16H,10-13H2,1-2H3,(H,21,22)/t16-/m0/s1. The van der Waals surface area contributed by atoms with Gasteiger partial charge in [-0.25, -0.2) is 8.42 Å². The first kappa shape index (κ1) is 19.4. The molecule has 0 spiro atoms. The Balaban J connectivity index is 1.72. The van der Waals surface area contributed by atoms with Gasteiger partial charge in [0, 0.05) is 31.8 Å². The predicted molar refractivity (Wildman–Crippen MR) is 103 cm³/mol. The molecule has 144 valence electrons. The third kappa shape index (κ3) is 4.67. The van der Waals surface area contributed by atoms with Crippen molar-refractivity contribution in [2.24, 2.45) is 0 Å². The molecule has 0 unspecified atom stereocenters. The summed E-state index contributed by atoms with van der Waals surface area (Å²) in [4.78, 5) is 12.0. The zero-order chi connectivity index (χ0) is 19.4. The lowest BCUT2D eigenvalue weighted by molar-refractivity contribution is -0.122. The van der Waals surface area contributed by atoms with E-state index in [0.717, 1.165) is 28.9 Å². The molecule has 2 aromatic rings. The molecule has 0 saturated heterocycles. The van der Waals surface area contributed by atoms with Crippen molar-refractivity contribution in [3.05, 3.63) is 48.0 Å². The molecule has 1 atom stereocenters. The van der Waals surface area contributed by atoms with E-state index in [2.05, 4.69) is 5.32 Å². The Kier molecular flexibility index (Phi) is 5.82. The normalized spacial score (nSPS) is 15.9. The van der Waals surface area contributed by atoms with Gasteiger partial charge in [0.1, 0.15) is 11.9 Å². The average molecular weight is 389 g/mol. The van der Waals surface area contributed by atoms with Crippen molar-refractivity contribution in [1.82, 2.24) is 5.32 Å². The number of carbonyl (C=O) groups is 1. The second-order valence-electron chi connectivity index (χ2n) is 6.58. The summed E-state index contributed by atoms with van der Waals surface area (Å²) in [5, 5.41) is 2.87. The number of hydrogen-bond donors (Lipinski definition) is 1. The fraction of sp³-hybridized carbons (Fsp3) is 0.350. The van der Waals surface area contributed by atoms with E-state index in [1.54, 1.807) is 31.4 Å². The summed E-state index contributed by atoms with van der Waals surface area (Å²) in [5.74, 6) is 0.730. The van der Waals surface area contributed by atoms with Gasteiger partial charge in [-0.15, -0.1) is 0 Å². The predicted octanol–water partition coefficient (Wildman–Crippen LogP) is 2.21. The molecule has 1 aliphatic rings. The summed E-state index contributed by atoms with van der Waals surface area (Å²) in [6, 6.07) is 12.7. The highest BCUT2D eigenvalue weighted by atomic mass is 32.2. The number of amides is 1. The van der Waals surface area contributed by atoms with E-state index < -0.39 is 9.84 Å². The SMILES string of the molecule is COCCC(=O)NC[C@@H]1Cc2cccc(-c3ccc(S(C)(=O)=O)cc3)c2O1. The summed E-state index contributed by atoms with van der Waals surface area (Å²) >= 11 is 0. The van der Waals surface area contributed by atoms with Gasteiger partial charge in [-0.2, -0.15) is 0 Å². The smallest absolute Gasteiger partial charge is 0.222 e. The van der Waals surface area contributed by atoms with E-state index >= 15 is 0 Å². The first-order chi connectivity index (χ1) is 12.9. The highest BCUT2D eigenvalue weighted by Crippen LogP contribution is 2.38. The van der Waals surface area contributed by atoms with E-state index in [1.807, 2.05) is 18.2 Å². The second-order valence-corrected chi connectivity index (χ2v) is 8.60. The summed E-state index contributed by atoms with van der Waals surface area (Å²) in [6.45, 7) is 0.828. The van der Waals surface area contributed by atoms with E-state index in [9.17, 15) is 13.2 Å². The van der Waals surface area contributed by atoms with Gasteiger partial charge in [-0.05, 0) is 23.3 Å². The van der Waals surface area contributed by atoms with Crippen molar-refractivity contribution in [3.8, 4) is 16.9 Å². The van der Waals surface area contributed by atoms with Gasteiger partial charge >= 0.3 is 0 Å². The minimum atomic E-state index is -3.22. The van der Waals surface area contributed by atoms with Gasteiger partial charge in [0.15, 0.2) is 9.84 Å². The minimum absolute atomic E-state index is 0.0620. The lowest BCUT2D eigenvalue weighted by Gasteiger charge is -2.14. The van der Waals surface area contributed by atoms with Crippen LogP contribution in [0.2, 0.25) is 0 Å². The number of methoxy groups -OCH3 is 1. The van der Waals surface area contributed by atoms with Gasteiger partial charge in [0.25, 0.3) is 0 Å². The molecule has 0 fully saturated rings. The van der Waals surface area contributed by atoms with Crippen LogP contribution in [0.3, 0.4) is 0 Å². The molecule has 0 bridgehead atoms. The molecular weight excluding hydrogens is 366 g/mol. The molecule has 0 aromatic heterocycles. The average Bonchev–Trinajstić information content (AvgIpc) is 3.07. The van der Waals surface area contributed by atoms with E-state index in [-0.39, 0.29) is 16.9 Å². The van der Waals surface area contributed by atoms with E-state index in [0.29, 0.717) is 19.6 Å². The van der Waals surface area contributed by atoms with Gasteiger partial charge < -0.3 is 14.8 Å². The van der Waals surface area contributed by atoms with Crippen molar-refractivity contribution in [3.63, 3.8) is 0 Å². The van der Waals surface area contributed by atoms with E-state index in [4.69, 9.17) is 9.47 Å². The monoisotopic (exact) mass is 389 g/mol. The lowest BCUT2D eigenvalue weighted by atomic mass is 10.0. The van der Waals surface area contributed by atoms with Crippen LogP contribution in [0.5, 0.6) is 5.75 Å². The minimum Gasteiger partial charge on any atom is -0.487 e. The number of hydrogen-bond acceptors (Lipinski definition) is 5. The third-order valence-electron chi connectivity index (χ3n) is 4.48. The van der Waals surface area contributed by atoms with Gasteiger partial charge in [-0.1, -0.05) is 30.3 Å². The number of fused-ring (bicyclic) bond motifs is 1. The highest BCUT2D eigenvalue weighted by Gasteiger charge is 2.26. The maximum atomic E-state index is 11.7. The largest absolute Gasteiger partial charge is 0.487 e. The Morgan fingerprint density at radius 1 is 1.22 bits per heavy atom. The van der Waals surface area contributed by atoms with Crippen LogP contribution in [-0.4, -0.2) is 46.9 Å². The fourth-order valence-electron chi connectivity index (χ4n) is 3.07. The molecule has 0 radical (unpaired) electrons. The molecule has 1 aliphatic heterocycles. The fourth-order valence-corrected chi connectivity index (χ4v) is 3.70. The van der Waals surface area contributed by atoms with Crippen molar-refractivity contribution < 1.29 is 22.7 Å². The van der Waals surface area contributed by atoms with Gasteiger partial charge in [-0.3, -0.25) is 4.79 Å². The summed E-state index contributed by atoms with van der Waals surface area (Å²) in [7, 11) is -1.66. The number of sulfone groups is 1. The molecule has 0 aliphatic carbocycles. The molecule has 3 rings (SSSR count). The van der Waals surface area contributed by atoms with E-state index in [1.165, 1.54) is 6.26 Å². The molecule has 0 saturated carbocycles. The first-order valence-corrected chi connectivity index (χ1v) is 10.6. The Hall–Kier alpha value is -2.38. The Morgan fingerprint density at radius 3 is 2.63 bits per heavy atom. The van der Waals surface area contributed by atoms with Crippen LogP contribution in [0.1, 0.15) is 12.0 Å². The van der Waals surface area contributed by atoms with Crippen LogP contribution in [0.4, 0.5) is 0 Å². The summed E-state index contributed by atoms with van der Waals surface area (Å²) in [5.41, 5.74) is 2.89. The van der Waals surface area contributed by atoms with Crippen LogP contribution in [0.15, 0.2) is 47.4 Å². The van der Waals surface area contributed by atoms with Crippen molar-refractivity contribution in [2.45, 2.75) is 23.8 Å². The third-order valence-corrected chi connectivity index (χ3v) is 5.61. The molecule has 7 heteroatoms. The summed E-state index contributed by atoms with van der Waals surface area (Å²) < 4.78 is 34.3. The molecule has 1 N–H and O–H groups in total. The van der Waals surface area contributed by atoms with Gasteiger partial charge in [0.2, 0.25) is 5.91 Å². The summed E-state index contributed by atoms with van der Waals surface area (Å²) in [6.07, 6.45) is 2.11. The maximum Gasteiger partial charge on any atom is 0.222 e. The van der Waals surface area contributed by atoms with Crippen LogP contribution >= 0.6 is 0 Å². The molecule has 1 amide bonds. The van der Waals surface area contributed by atoms with Crippen molar-refractivity contribution in [2.75, 3.05) is 26.5 Å². The van der Waals surface area contributed by atoms with Crippen LogP contribution < -0.4 is 10.1 Å². The molecule has 6 nitrogen and oxygen atoms in total. The number of ether oxygens (including phenoxy) is 2. The molecular formula is C20H23NO5S. The zero-order valence-corrected chi connectivity index (χ0v) is 16.2. The quantitative estimate of drug-likeness (QED) is 0.785. The van der Waals surface area contributed by atoms with Crippen molar-refractivity contribution >= 4 is 15.7 Å². The number of para-hydroxylation sites is 1. The van der Waals surface area contributed by atoms with Crippen LogP contribution in [0, 0.1) is 0 Å². The van der Waals surface area contributed by atoms with Crippen LogP contribution in [0.25, 0.3) is 11.1 Å². The van der Waals surface area contributed by atoms with Gasteiger partial charge in [0.05, 0.1) is 18.0 Å². The van der Waals surface area contributed by atoms with Crippen LogP contribution in [-0.2, 0) is 25.8 Å². The molecule has 2 aromatic carbocycles. The maximum absolute atomic E-state index is 11.7. The molecule has 27 heavy (non-hydrogen) atoms. The first-order valence-electron chi connectivity index (χ1n) is 8.73. The Bertz CT molecular complexity index is 922. The number of nitrogens with one attached hydrogen (secondary N) is 1. The lowest BCUT2D eigenvalue weighted by Crippen LogP contribution is -2.34. The topological polar surface area (TPSA) is 81.7 Å². The van der Waals surface area contributed by atoms with Crippen molar-refractivity contribution in [1.29, 1.82) is 0 Å². The number of rotatable bonds is 7. The Morgan fingerprint density at radius 2 is 1.96 bits per heavy atom.